The minimum atomic E-state index is -0.504. The van der Waals surface area contributed by atoms with Crippen LogP contribution in [-0.2, 0) is 6.54 Å². The third-order valence-electron chi connectivity index (χ3n) is 5.52. The zero-order valence-electron chi connectivity index (χ0n) is 16.8. The Balaban J connectivity index is 1.45. The van der Waals surface area contributed by atoms with Crippen LogP contribution in [0.2, 0.25) is 0 Å². The molecule has 1 aliphatic heterocycles. The van der Waals surface area contributed by atoms with Crippen molar-refractivity contribution in [3.63, 3.8) is 0 Å². The number of methoxy groups -OCH3 is 1. The van der Waals surface area contributed by atoms with E-state index in [0.717, 1.165) is 62.4 Å². The first-order valence-corrected chi connectivity index (χ1v) is 11.5. The van der Waals surface area contributed by atoms with Crippen LogP contribution in [0, 0.1) is 0 Å². The quantitative estimate of drug-likeness (QED) is 0.574. The number of aliphatic hydroxyl groups excluding tert-OH is 2. The fourth-order valence-corrected chi connectivity index (χ4v) is 4.78. The summed E-state index contributed by atoms with van der Waals surface area (Å²) in [7, 11) is 1.64. The molecule has 1 aromatic rings. The van der Waals surface area contributed by atoms with Crippen LogP contribution in [-0.4, -0.2) is 78.2 Å². The van der Waals surface area contributed by atoms with Crippen molar-refractivity contribution in [2.24, 2.45) is 0 Å². The number of nitrogens with zero attached hydrogens (tertiary/aromatic N) is 1. The number of hydrogen-bond acceptors (Lipinski definition) is 7. The van der Waals surface area contributed by atoms with Gasteiger partial charge in [0.2, 0.25) is 0 Å². The van der Waals surface area contributed by atoms with Gasteiger partial charge in [0, 0.05) is 43.7 Å². The van der Waals surface area contributed by atoms with Gasteiger partial charge in [-0.25, -0.2) is 0 Å². The molecule has 1 aromatic carbocycles. The first-order chi connectivity index (χ1) is 13.6. The van der Waals surface area contributed by atoms with Gasteiger partial charge in [0.05, 0.1) is 13.2 Å². The molecule has 1 saturated heterocycles. The number of ether oxygens (including phenoxy) is 2. The highest BCUT2D eigenvalue weighted by Gasteiger charge is 2.19. The second-order valence-corrected chi connectivity index (χ2v) is 8.97. The monoisotopic (exact) mass is 410 g/mol. The molecule has 0 aromatic heterocycles. The Morgan fingerprint density at radius 1 is 1.18 bits per heavy atom. The average molecular weight is 411 g/mol. The van der Waals surface area contributed by atoms with E-state index in [-0.39, 0.29) is 12.7 Å². The third-order valence-corrected chi connectivity index (χ3v) is 6.47. The topological polar surface area (TPSA) is 74.2 Å². The molecule has 6 nitrogen and oxygen atoms in total. The highest BCUT2D eigenvalue weighted by Crippen LogP contribution is 2.28. The number of rotatable bonds is 9. The lowest BCUT2D eigenvalue weighted by molar-refractivity contribution is 0.0705. The van der Waals surface area contributed by atoms with E-state index in [4.69, 9.17) is 9.47 Å². The normalized spacial score (nSPS) is 24.7. The summed E-state index contributed by atoms with van der Waals surface area (Å²) in [6, 6.07) is 6.42. The second kappa shape index (κ2) is 11.3. The van der Waals surface area contributed by atoms with Crippen LogP contribution >= 0.6 is 11.8 Å². The summed E-state index contributed by atoms with van der Waals surface area (Å²) < 4.78 is 11.3. The Morgan fingerprint density at radius 2 is 1.93 bits per heavy atom. The minimum absolute atomic E-state index is 0.126. The van der Waals surface area contributed by atoms with E-state index >= 15 is 0 Å². The maximum absolute atomic E-state index is 10.3. The number of hydrogen-bond donors (Lipinski definition) is 3. The molecule has 0 unspecified atom stereocenters. The second-order valence-electron chi connectivity index (χ2n) is 7.75. The van der Waals surface area contributed by atoms with E-state index in [1.165, 1.54) is 0 Å². The average Bonchev–Trinajstić information content (AvgIpc) is 2.73. The Kier molecular flexibility index (Phi) is 8.73. The molecule has 1 atom stereocenters. The van der Waals surface area contributed by atoms with Crippen molar-refractivity contribution in [2.45, 2.75) is 50.5 Å². The number of benzene rings is 1. The van der Waals surface area contributed by atoms with E-state index in [1.807, 2.05) is 30.0 Å². The summed E-state index contributed by atoms with van der Waals surface area (Å²) in [6.45, 7) is 3.76. The highest BCUT2D eigenvalue weighted by molar-refractivity contribution is 7.99. The molecule has 3 rings (SSSR count). The Morgan fingerprint density at radius 3 is 2.64 bits per heavy atom. The smallest absolute Gasteiger partial charge is 0.161 e. The van der Waals surface area contributed by atoms with Crippen LogP contribution in [0.3, 0.4) is 0 Å². The number of thioether (sulfide) groups is 1. The molecule has 7 heteroatoms. The molecule has 1 heterocycles. The number of nitrogens with one attached hydrogen (secondary N) is 1. The Hall–Kier alpha value is -0.990. The summed E-state index contributed by atoms with van der Waals surface area (Å²) in [4.78, 5) is 2.29. The molecular weight excluding hydrogens is 376 g/mol. The Labute approximate surface area is 172 Å². The molecule has 0 amide bonds. The molecule has 2 aliphatic rings. The summed E-state index contributed by atoms with van der Waals surface area (Å²) >= 11 is 1.97. The molecule has 0 radical (unpaired) electrons. The van der Waals surface area contributed by atoms with Gasteiger partial charge in [-0.3, -0.25) is 4.90 Å². The first kappa shape index (κ1) is 21.7. The lowest BCUT2D eigenvalue weighted by Crippen LogP contribution is -2.40. The van der Waals surface area contributed by atoms with Crippen molar-refractivity contribution in [3.05, 3.63) is 23.8 Å². The molecule has 0 bridgehead atoms. The fraction of sp³-hybridized carbons (Fsp3) is 0.714. The van der Waals surface area contributed by atoms with Crippen molar-refractivity contribution in [2.75, 3.05) is 44.9 Å². The van der Waals surface area contributed by atoms with Crippen molar-refractivity contribution < 1.29 is 19.7 Å². The minimum Gasteiger partial charge on any atom is -0.493 e. The van der Waals surface area contributed by atoms with Gasteiger partial charge in [0.25, 0.3) is 0 Å². The van der Waals surface area contributed by atoms with Crippen LogP contribution in [0.4, 0.5) is 0 Å². The van der Waals surface area contributed by atoms with Gasteiger partial charge < -0.3 is 25.0 Å². The standard InChI is InChI=1S/C21H34N2O4S/c1-26-21-12-16(13-22-17-3-5-18(24)6-4-17)2-7-20(21)27-15-19(25)14-23-8-10-28-11-9-23/h2,7,12,17-19,22,24-25H,3-6,8-11,13-15H2,1H3/t17?,18?,19-/m1/s1. The molecule has 28 heavy (non-hydrogen) atoms. The predicted molar refractivity (Wildman–Crippen MR) is 113 cm³/mol. The molecular formula is C21H34N2O4S. The SMILES string of the molecule is COc1cc(CNC2CCC(O)CC2)ccc1OC[C@H](O)CN1CCSCC1. The van der Waals surface area contributed by atoms with Gasteiger partial charge in [0.1, 0.15) is 12.7 Å². The van der Waals surface area contributed by atoms with E-state index in [9.17, 15) is 10.2 Å². The zero-order chi connectivity index (χ0) is 19.8. The van der Waals surface area contributed by atoms with Crippen LogP contribution in [0.1, 0.15) is 31.2 Å². The predicted octanol–water partition coefficient (Wildman–Crippen LogP) is 1.88. The maximum Gasteiger partial charge on any atom is 0.161 e. The van der Waals surface area contributed by atoms with Gasteiger partial charge in [-0.15, -0.1) is 0 Å². The summed E-state index contributed by atoms with van der Waals surface area (Å²) in [5, 5.41) is 23.5. The maximum atomic E-state index is 10.3. The summed E-state index contributed by atoms with van der Waals surface area (Å²) in [5.41, 5.74) is 1.14. The van der Waals surface area contributed by atoms with Crippen LogP contribution in [0.15, 0.2) is 18.2 Å². The highest BCUT2D eigenvalue weighted by atomic mass is 32.2. The van der Waals surface area contributed by atoms with Crippen molar-refractivity contribution in [1.29, 1.82) is 0 Å². The fourth-order valence-electron chi connectivity index (χ4n) is 3.80. The van der Waals surface area contributed by atoms with Crippen molar-refractivity contribution in [3.8, 4) is 11.5 Å². The summed E-state index contributed by atoms with van der Waals surface area (Å²) in [5.74, 6) is 3.64. The lowest BCUT2D eigenvalue weighted by Gasteiger charge is -2.28. The molecule has 3 N–H and O–H groups in total. The van der Waals surface area contributed by atoms with E-state index < -0.39 is 6.10 Å². The number of aliphatic hydroxyl groups is 2. The van der Waals surface area contributed by atoms with Crippen LogP contribution in [0.25, 0.3) is 0 Å². The molecule has 2 fully saturated rings. The van der Waals surface area contributed by atoms with E-state index in [2.05, 4.69) is 10.2 Å². The molecule has 0 spiro atoms. The zero-order valence-corrected chi connectivity index (χ0v) is 17.6. The Bertz CT molecular complexity index is 590. The van der Waals surface area contributed by atoms with Crippen molar-refractivity contribution >= 4 is 11.8 Å². The molecule has 158 valence electrons. The van der Waals surface area contributed by atoms with Gasteiger partial charge >= 0.3 is 0 Å². The lowest BCUT2D eigenvalue weighted by atomic mass is 9.93. The largest absolute Gasteiger partial charge is 0.493 e. The van der Waals surface area contributed by atoms with E-state index in [1.54, 1.807) is 7.11 Å². The molecule has 1 saturated carbocycles. The number of β-amino-alcohol motifs (C(OH)–C–C–N with tert-alkyl or cyclic N) is 1. The van der Waals surface area contributed by atoms with Crippen LogP contribution < -0.4 is 14.8 Å². The first-order valence-electron chi connectivity index (χ1n) is 10.3. The molecule has 1 aliphatic carbocycles. The summed E-state index contributed by atoms with van der Waals surface area (Å²) in [6.07, 6.45) is 3.17. The third kappa shape index (κ3) is 6.81. The van der Waals surface area contributed by atoms with Gasteiger partial charge in [-0.1, -0.05) is 6.07 Å². The van der Waals surface area contributed by atoms with Gasteiger partial charge in [-0.05, 0) is 43.4 Å². The van der Waals surface area contributed by atoms with E-state index in [0.29, 0.717) is 24.1 Å². The van der Waals surface area contributed by atoms with Gasteiger partial charge in [-0.2, -0.15) is 11.8 Å². The van der Waals surface area contributed by atoms with Crippen molar-refractivity contribution in [1.82, 2.24) is 10.2 Å². The van der Waals surface area contributed by atoms with Crippen LogP contribution in [0.5, 0.6) is 11.5 Å². The van der Waals surface area contributed by atoms with Gasteiger partial charge in [0.15, 0.2) is 11.5 Å².